The number of hydrogen-bond acceptors (Lipinski definition) is 2. The Morgan fingerprint density at radius 2 is 1.03 bits per heavy atom. The molecule has 0 atom stereocenters. The lowest BCUT2D eigenvalue weighted by atomic mass is 10.0. The zero-order valence-corrected chi connectivity index (χ0v) is 20.7. The average Bonchev–Trinajstić information content (AvgIpc) is 2.82. The monoisotopic (exact) mass is 456 g/mol. The maximum Gasteiger partial charge on any atom is 0.193 e. The van der Waals surface area contributed by atoms with E-state index in [9.17, 15) is 4.79 Å². The minimum Gasteiger partial charge on any atom is -0.494 e. The third-order valence-corrected chi connectivity index (χ3v) is 6.24. The summed E-state index contributed by atoms with van der Waals surface area (Å²) in [4.78, 5) is 12.5. The number of ether oxygens (including phenoxy) is 1. The Morgan fingerprint density at radius 1 is 0.625 bits per heavy atom. The predicted molar refractivity (Wildman–Crippen MR) is 137 cm³/mol. The number of benzene rings is 2. The summed E-state index contributed by atoms with van der Waals surface area (Å²) in [5, 5.41) is 0.633. The zero-order chi connectivity index (χ0) is 22.9. The van der Waals surface area contributed by atoms with Gasteiger partial charge in [-0.05, 0) is 55.0 Å². The van der Waals surface area contributed by atoms with Crippen LogP contribution in [-0.4, -0.2) is 12.4 Å². The summed E-state index contributed by atoms with van der Waals surface area (Å²) in [6.45, 7) is 3.02. The van der Waals surface area contributed by atoms with Gasteiger partial charge in [-0.25, -0.2) is 0 Å². The third kappa shape index (κ3) is 11.2. The lowest BCUT2D eigenvalue weighted by molar-refractivity contribution is 0.103. The SMILES string of the molecule is CCCCCCCCCCCCCCCCOc1ccc(C(=O)c2ccc(Cl)cc2)cc1. The van der Waals surface area contributed by atoms with Gasteiger partial charge in [-0.1, -0.05) is 102 Å². The second-order valence-electron chi connectivity index (χ2n) is 8.81. The van der Waals surface area contributed by atoms with Crippen LogP contribution in [0.25, 0.3) is 0 Å². The molecule has 0 saturated heterocycles. The van der Waals surface area contributed by atoms with E-state index in [4.69, 9.17) is 16.3 Å². The molecule has 0 aromatic heterocycles. The van der Waals surface area contributed by atoms with Gasteiger partial charge in [0.2, 0.25) is 0 Å². The number of ketones is 1. The van der Waals surface area contributed by atoms with Crippen LogP contribution in [0.15, 0.2) is 48.5 Å². The number of carbonyl (C=O) groups is 1. The Hall–Kier alpha value is -1.80. The van der Waals surface area contributed by atoms with Crippen LogP contribution in [0.2, 0.25) is 5.02 Å². The van der Waals surface area contributed by atoms with Gasteiger partial charge in [-0.2, -0.15) is 0 Å². The fourth-order valence-corrected chi connectivity index (χ4v) is 4.08. The highest BCUT2D eigenvalue weighted by Gasteiger charge is 2.09. The van der Waals surface area contributed by atoms with E-state index in [1.807, 2.05) is 24.3 Å². The van der Waals surface area contributed by atoms with Crippen molar-refractivity contribution in [1.29, 1.82) is 0 Å². The number of hydrogen-bond donors (Lipinski definition) is 0. The van der Waals surface area contributed by atoms with E-state index in [0.29, 0.717) is 16.1 Å². The Morgan fingerprint density at radius 3 is 1.50 bits per heavy atom. The summed E-state index contributed by atoms with van der Waals surface area (Å²) in [5.41, 5.74) is 1.31. The van der Waals surface area contributed by atoms with Crippen LogP contribution < -0.4 is 4.74 Å². The van der Waals surface area contributed by atoms with Crippen molar-refractivity contribution in [3.05, 3.63) is 64.7 Å². The molecular formula is C29H41ClO2. The van der Waals surface area contributed by atoms with Crippen LogP contribution in [0.5, 0.6) is 5.75 Å². The molecule has 0 spiro atoms. The van der Waals surface area contributed by atoms with Crippen molar-refractivity contribution < 1.29 is 9.53 Å². The summed E-state index contributed by atoms with van der Waals surface area (Å²) in [7, 11) is 0. The molecule has 0 heterocycles. The maximum absolute atomic E-state index is 12.5. The Kier molecular flexibility index (Phi) is 13.9. The van der Waals surface area contributed by atoms with Gasteiger partial charge in [0, 0.05) is 16.1 Å². The summed E-state index contributed by atoms with van der Waals surface area (Å²) >= 11 is 5.89. The van der Waals surface area contributed by atoms with E-state index in [-0.39, 0.29) is 5.78 Å². The molecular weight excluding hydrogens is 416 g/mol. The normalized spacial score (nSPS) is 10.9. The molecule has 0 N–H and O–H groups in total. The summed E-state index contributed by atoms with van der Waals surface area (Å²) in [5.74, 6) is 0.826. The fraction of sp³-hybridized carbons (Fsp3) is 0.552. The molecule has 0 aliphatic rings. The number of carbonyl (C=O) groups excluding carboxylic acids is 1. The topological polar surface area (TPSA) is 26.3 Å². The first kappa shape index (κ1) is 26.5. The van der Waals surface area contributed by atoms with Gasteiger partial charge in [0.25, 0.3) is 0 Å². The van der Waals surface area contributed by atoms with Crippen molar-refractivity contribution in [2.45, 2.75) is 96.8 Å². The van der Waals surface area contributed by atoms with Crippen LogP contribution in [0.3, 0.4) is 0 Å². The standard InChI is InChI=1S/C29H41ClO2/c1-2-3-4-5-6-7-8-9-10-11-12-13-14-15-24-32-28-22-18-26(19-23-28)29(31)25-16-20-27(30)21-17-25/h16-23H,2-15,24H2,1H3. The minimum atomic E-state index is 0.000176. The fourth-order valence-electron chi connectivity index (χ4n) is 3.96. The van der Waals surface area contributed by atoms with Gasteiger partial charge in [-0.15, -0.1) is 0 Å². The van der Waals surface area contributed by atoms with Crippen molar-refractivity contribution in [3.8, 4) is 5.75 Å². The first-order valence-corrected chi connectivity index (χ1v) is 13.1. The van der Waals surface area contributed by atoms with E-state index in [1.54, 1.807) is 24.3 Å². The Labute approximate surface area is 200 Å². The van der Waals surface area contributed by atoms with Gasteiger partial charge >= 0.3 is 0 Å². The minimum absolute atomic E-state index is 0.000176. The maximum atomic E-state index is 12.5. The molecule has 0 bridgehead atoms. The van der Waals surface area contributed by atoms with Crippen molar-refractivity contribution >= 4 is 17.4 Å². The molecule has 0 aliphatic heterocycles. The molecule has 2 aromatic rings. The number of rotatable bonds is 18. The summed E-state index contributed by atoms with van der Waals surface area (Å²) < 4.78 is 5.84. The molecule has 2 rings (SSSR count). The Balaban J connectivity index is 1.46. The van der Waals surface area contributed by atoms with Crippen LogP contribution in [0, 0.1) is 0 Å². The third-order valence-electron chi connectivity index (χ3n) is 5.99. The first-order chi connectivity index (χ1) is 15.7. The lowest BCUT2D eigenvalue weighted by Crippen LogP contribution is -2.02. The van der Waals surface area contributed by atoms with Crippen molar-refractivity contribution in [1.82, 2.24) is 0 Å². The molecule has 2 aromatic carbocycles. The molecule has 0 saturated carbocycles. The molecule has 0 aliphatic carbocycles. The second kappa shape index (κ2) is 16.8. The molecule has 32 heavy (non-hydrogen) atoms. The van der Waals surface area contributed by atoms with Crippen LogP contribution in [-0.2, 0) is 0 Å². The second-order valence-corrected chi connectivity index (χ2v) is 9.24. The summed E-state index contributed by atoms with van der Waals surface area (Å²) in [6.07, 6.45) is 19.0. The van der Waals surface area contributed by atoms with Crippen molar-refractivity contribution in [3.63, 3.8) is 0 Å². The van der Waals surface area contributed by atoms with E-state index in [1.165, 1.54) is 83.5 Å². The Bertz CT molecular complexity index is 737. The molecule has 176 valence electrons. The number of halogens is 1. The van der Waals surface area contributed by atoms with Gasteiger partial charge in [-0.3, -0.25) is 4.79 Å². The van der Waals surface area contributed by atoms with E-state index in [2.05, 4.69) is 6.92 Å². The van der Waals surface area contributed by atoms with Gasteiger partial charge < -0.3 is 4.74 Å². The van der Waals surface area contributed by atoms with Gasteiger partial charge in [0.05, 0.1) is 6.61 Å². The lowest BCUT2D eigenvalue weighted by Gasteiger charge is -2.07. The van der Waals surface area contributed by atoms with E-state index >= 15 is 0 Å². The smallest absolute Gasteiger partial charge is 0.193 e. The van der Waals surface area contributed by atoms with E-state index < -0.39 is 0 Å². The van der Waals surface area contributed by atoms with Gasteiger partial charge in [0.1, 0.15) is 5.75 Å². The van der Waals surface area contributed by atoms with Crippen LogP contribution in [0.4, 0.5) is 0 Å². The molecule has 0 fully saturated rings. The summed E-state index contributed by atoms with van der Waals surface area (Å²) in [6, 6.07) is 14.4. The largest absolute Gasteiger partial charge is 0.494 e. The molecule has 0 unspecified atom stereocenters. The molecule has 0 radical (unpaired) electrons. The van der Waals surface area contributed by atoms with E-state index in [0.717, 1.165) is 18.8 Å². The molecule has 2 nitrogen and oxygen atoms in total. The van der Waals surface area contributed by atoms with Crippen molar-refractivity contribution in [2.24, 2.45) is 0 Å². The quantitative estimate of drug-likeness (QED) is 0.165. The highest BCUT2D eigenvalue weighted by Crippen LogP contribution is 2.18. The molecule has 3 heteroatoms. The van der Waals surface area contributed by atoms with Crippen molar-refractivity contribution in [2.75, 3.05) is 6.61 Å². The zero-order valence-electron chi connectivity index (χ0n) is 19.9. The number of unbranched alkanes of at least 4 members (excludes halogenated alkanes) is 13. The highest BCUT2D eigenvalue weighted by molar-refractivity contribution is 6.30. The average molecular weight is 457 g/mol. The first-order valence-electron chi connectivity index (χ1n) is 12.7. The molecule has 0 amide bonds. The van der Waals surface area contributed by atoms with Gasteiger partial charge in [0.15, 0.2) is 5.78 Å². The van der Waals surface area contributed by atoms with Crippen LogP contribution in [0.1, 0.15) is 113 Å². The highest BCUT2D eigenvalue weighted by atomic mass is 35.5. The predicted octanol–water partition coefficient (Wildman–Crippen LogP) is 9.43. The van der Waals surface area contributed by atoms with Crippen LogP contribution >= 0.6 is 11.6 Å².